The zero-order valence-electron chi connectivity index (χ0n) is 12.3. The van der Waals surface area contributed by atoms with Crippen LogP contribution in [0.5, 0.6) is 0 Å². The highest BCUT2D eigenvalue weighted by Gasteiger charge is 2.46. The van der Waals surface area contributed by atoms with E-state index in [0.717, 1.165) is 25.7 Å². The third-order valence-corrected chi connectivity index (χ3v) is 5.87. The van der Waals surface area contributed by atoms with Gasteiger partial charge in [-0.3, -0.25) is 14.5 Å². The number of fused-ring (bicyclic) bond motifs is 1. The van der Waals surface area contributed by atoms with Crippen LogP contribution in [0.15, 0.2) is 32.3 Å². The predicted octanol–water partition coefficient (Wildman–Crippen LogP) is 4.44. The highest BCUT2D eigenvalue weighted by molar-refractivity contribution is 9.12. The Kier molecular flexibility index (Phi) is 5.25. The minimum Gasteiger partial charge on any atom is -0.274 e. The lowest BCUT2D eigenvalue weighted by Gasteiger charge is -2.21. The average molecular weight is 417 g/mol. The van der Waals surface area contributed by atoms with E-state index in [-0.39, 0.29) is 11.8 Å². The summed E-state index contributed by atoms with van der Waals surface area (Å²) in [6, 6.07) is 0. The molecule has 1 aliphatic carbocycles. The topological polar surface area (TPSA) is 37.4 Å². The maximum absolute atomic E-state index is 12.5. The summed E-state index contributed by atoms with van der Waals surface area (Å²) in [5.74, 6) is -0.0292. The van der Waals surface area contributed by atoms with E-state index in [1.54, 1.807) is 0 Å². The molecule has 0 aromatic carbocycles. The lowest BCUT2D eigenvalue weighted by atomic mass is 9.99. The molecule has 21 heavy (non-hydrogen) atoms. The third kappa shape index (κ3) is 2.82. The number of unbranched alkanes of at least 4 members (excludes halogenated alkanes) is 1. The van der Waals surface area contributed by atoms with Crippen LogP contribution in [0.3, 0.4) is 0 Å². The van der Waals surface area contributed by atoms with Crippen molar-refractivity contribution < 1.29 is 9.59 Å². The summed E-state index contributed by atoms with van der Waals surface area (Å²) in [4.78, 5) is 26.5. The van der Waals surface area contributed by atoms with Crippen LogP contribution < -0.4 is 0 Å². The molecule has 0 N–H and O–H groups in total. The molecular formula is C16H19Br2NO2. The molecule has 2 rings (SSSR count). The SMILES string of the molecule is C=C1C(Br)=C2C(=O)N(CC(CC)CCCC)C(=O)C2=C1Br. The van der Waals surface area contributed by atoms with Crippen LogP contribution in [0.4, 0.5) is 0 Å². The van der Waals surface area contributed by atoms with Gasteiger partial charge in [-0.1, -0.05) is 39.7 Å². The van der Waals surface area contributed by atoms with Crippen molar-refractivity contribution in [2.75, 3.05) is 6.54 Å². The van der Waals surface area contributed by atoms with Gasteiger partial charge in [-0.2, -0.15) is 0 Å². The van der Waals surface area contributed by atoms with Crippen molar-refractivity contribution in [1.29, 1.82) is 0 Å². The molecule has 2 aliphatic rings. The summed E-state index contributed by atoms with van der Waals surface area (Å²) < 4.78 is 1.26. The Labute approximate surface area is 142 Å². The van der Waals surface area contributed by atoms with E-state index < -0.39 is 0 Å². The predicted molar refractivity (Wildman–Crippen MR) is 91.1 cm³/mol. The Hall–Kier alpha value is -0.680. The van der Waals surface area contributed by atoms with Crippen molar-refractivity contribution in [3.8, 4) is 0 Å². The second kappa shape index (κ2) is 6.61. The standard InChI is InChI=1S/C16H19Br2NO2/c1-4-6-7-10(5-2)8-19-15(20)11-12(16(19)21)14(18)9(3)13(11)17/h10H,3-8H2,1-2H3. The number of nitrogens with zero attached hydrogens (tertiary/aromatic N) is 1. The summed E-state index contributed by atoms with van der Waals surface area (Å²) in [5.41, 5.74) is 1.59. The van der Waals surface area contributed by atoms with Gasteiger partial charge in [-0.05, 0) is 49.8 Å². The van der Waals surface area contributed by atoms with Crippen molar-refractivity contribution in [2.24, 2.45) is 5.92 Å². The van der Waals surface area contributed by atoms with Crippen LogP contribution in [-0.4, -0.2) is 23.3 Å². The molecule has 1 saturated heterocycles. The number of halogens is 2. The maximum atomic E-state index is 12.5. The smallest absolute Gasteiger partial charge is 0.262 e. The summed E-state index contributed by atoms with van der Waals surface area (Å²) >= 11 is 6.76. The van der Waals surface area contributed by atoms with Gasteiger partial charge in [0.2, 0.25) is 0 Å². The van der Waals surface area contributed by atoms with Crippen molar-refractivity contribution in [3.05, 3.63) is 32.3 Å². The van der Waals surface area contributed by atoms with E-state index in [9.17, 15) is 9.59 Å². The number of likely N-dealkylation sites (tertiary alicyclic amines) is 1. The molecule has 1 aliphatic heterocycles. The summed E-state index contributed by atoms with van der Waals surface area (Å²) in [6.07, 6.45) is 4.29. The van der Waals surface area contributed by atoms with Crippen LogP contribution >= 0.6 is 31.9 Å². The van der Waals surface area contributed by atoms with E-state index in [1.165, 1.54) is 4.90 Å². The van der Waals surface area contributed by atoms with Gasteiger partial charge < -0.3 is 0 Å². The lowest BCUT2D eigenvalue weighted by Crippen LogP contribution is -2.34. The van der Waals surface area contributed by atoms with Crippen molar-refractivity contribution in [3.63, 3.8) is 0 Å². The highest BCUT2D eigenvalue weighted by Crippen LogP contribution is 2.46. The number of carbonyl (C=O) groups excluding carboxylic acids is 2. The Bertz CT molecular complexity index is 535. The van der Waals surface area contributed by atoms with E-state index in [2.05, 4.69) is 52.3 Å². The van der Waals surface area contributed by atoms with Crippen LogP contribution in [0.2, 0.25) is 0 Å². The third-order valence-electron chi connectivity index (χ3n) is 4.12. The molecule has 0 radical (unpaired) electrons. The van der Waals surface area contributed by atoms with Crippen molar-refractivity contribution >= 4 is 43.7 Å². The number of amides is 2. The Morgan fingerprint density at radius 1 is 1.10 bits per heavy atom. The fraction of sp³-hybridized carbons (Fsp3) is 0.500. The first-order valence-electron chi connectivity index (χ1n) is 7.29. The molecule has 0 aromatic rings. The zero-order valence-corrected chi connectivity index (χ0v) is 15.5. The normalized spacial score (nSPS) is 20.0. The first kappa shape index (κ1) is 16.7. The van der Waals surface area contributed by atoms with E-state index in [0.29, 0.717) is 38.1 Å². The molecule has 0 saturated carbocycles. The molecular weight excluding hydrogens is 398 g/mol. The monoisotopic (exact) mass is 415 g/mol. The quantitative estimate of drug-likeness (QED) is 0.600. The molecule has 114 valence electrons. The van der Waals surface area contributed by atoms with Crippen LogP contribution in [0.1, 0.15) is 39.5 Å². The van der Waals surface area contributed by atoms with E-state index in [4.69, 9.17) is 0 Å². The second-order valence-corrected chi connectivity index (χ2v) is 7.08. The summed E-state index contributed by atoms with van der Waals surface area (Å²) in [7, 11) is 0. The van der Waals surface area contributed by atoms with Crippen LogP contribution in [-0.2, 0) is 9.59 Å². The molecule has 1 unspecified atom stereocenters. The Morgan fingerprint density at radius 3 is 2.05 bits per heavy atom. The first-order valence-corrected chi connectivity index (χ1v) is 8.88. The summed E-state index contributed by atoms with van der Waals surface area (Å²) in [5, 5.41) is 0. The number of imide groups is 1. The second-order valence-electron chi connectivity index (χ2n) is 5.49. The number of rotatable bonds is 6. The molecule has 1 fully saturated rings. The van der Waals surface area contributed by atoms with E-state index >= 15 is 0 Å². The minimum atomic E-state index is -0.201. The number of hydrogen-bond acceptors (Lipinski definition) is 2. The molecule has 0 aromatic heterocycles. The zero-order chi connectivity index (χ0) is 15.7. The molecule has 1 atom stereocenters. The number of allylic oxidation sites excluding steroid dienone is 3. The molecule has 2 amide bonds. The van der Waals surface area contributed by atoms with Crippen molar-refractivity contribution in [2.45, 2.75) is 39.5 Å². The maximum Gasteiger partial charge on any atom is 0.262 e. The number of carbonyl (C=O) groups is 2. The highest BCUT2D eigenvalue weighted by atomic mass is 79.9. The van der Waals surface area contributed by atoms with Crippen LogP contribution in [0.25, 0.3) is 0 Å². The van der Waals surface area contributed by atoms with Gasteiger partial charge in [-0.25, -0.2) is 0 Å². The molecule has 5 heteroatoms. The Balaban J connectivity index is 2.24. The Morgan fingerprint density at radius 2 is 1.62 bits per heavy atom. The molecule has 0 bridgehead atoms. The van der Waals surface area contributed by atoms with E-state index in [1.807, 2.05) is 0 Å². The molecule has 3 nitrogen and oxygen atoms in total. The van der Waals surface area contributed by atoms with Crippen LogP contribution in [0, 0.1) is 5.92 Å². The fourth-order valence-corrected chi connectivity index (χ4v) is 4.12. The summed E-state index contributed by atoms with van der Waals surface area (Å²) in [6.45, 7) is 8.65. The van der Waals surface area contributed by atoms with Gasteiger partial charge in [0.15, 0.2) is 0 Å². The molecule has 1 heterocycles. The van der Waals surface area contributed by atoms with Gasteiger partial charge in [0.05, 0.1) is 11.1 Å². The average Bonchev–Trinajstić information content (AvgIpc) is 2.85. The molecule has 0 spiro atoms. The van der Waals surface area contributed by atoms with Gasteiger partial charge >= 0.3 is 0 Å². The van der Waals surface area contributed by atoms with Gasteiger partial charge in [0.1, 0.15) is 0 Å². The fourth-order valence-electron chi connectivity index (χ4n) is 2.72. The largest absolute Gasteiger partial charge is 0.274 e. The van der Waals surface area contributed by atoms with Crippen molar-refractivity contribution in [1.82, 2.24) is 4.90 Å². The van der Waals surface area contributed by atoms with Gasteiger partial charge in [0.25, 0.3) is 11.8 Å². The lowest BCUT2D eigenvalue weighted by molar-refractivity contribution is -0.137. The van der Waals surface area contributed by atoms with Gasteiger partial charge in [0, 0.05) is 15.5 Å². The van der Waals surface area contributed by atoms with Gasteiger partial charge in [-0.15, -0.1) is 0 Å². The number of hydrogen-bond donors (Lipinski definition) is 0. The minimum absolute atomic E-state index is 0.201. The first-order chi connectivity index (χ1) is 9.93.